The Morgan fingerprint density at radius 3 is 2.64 bits per heavy atom. The van der Waals surface area contributed by atoms with Crippen molar-refractivity contribution in [2.45, 2.75) is 31.7 Å². The summed E-state index contributed by atoms with van der Waals surface area (Å²) in [6, 6.07) is 15.5. The van der Waals surface area contributed by atoms with E-state index in [4.69, 9.17) is 21.1 Å². The fourth-order valence-corrected chi connectivity index (χ4v) is 3.62. The van der Waals surface area contributed by atoms with Crippen LogP contribution < -0.4 is 4.74 Å². The molecule has 0 atom stereocenters. The minimum Gasteiger partial charge on any atom is -0.462 e. The minimum absolute atomic E-state index is 0.157. The zero-order valence-corrected chi connectivity index (χ0v) is 14.7. The monoisotopic (exact) mass is 357 g/mol. The SMILES string of the molecule is O=C(Cc1ccccc1)N1CCC2(CC1)OCc1cc(Cl)ccc1O2. The lowest BCUT2D eigenvalue weighted by atomic mass is 10.0. The fourth-order valence-electron chi connectivity index (χ4n) is 3.43. The van der Waals surface area contributed by atoms with Crippen molar-refractivity contribution in [1.29, 1.82) is 0 Å². The van der Waals surface area contributed by atoms with Crippen molar-refractivity contribution in [2.75, 3.05) is 13.1 Å². The number of carbonyl (C=O) groups excluding carboxylic acids is 1. The molecule has 4 nitrogen and oxygen atoms in total. The van der Waals surface area contributed by atoms with Crippen LogP contribution in [0.2, 0.25) is 5.02 Å². The highest BCUT2D eigenvalue weighted by molar-refractivity contribution is 6.30. The largest absolute Gasteiger partial charge is 0.462 e. The standard InChI is InChI=1S/C20H20ClNO3/c21-17-6-7-18-16(13-17)14-24-20(25-18)8-10-22(11-9-20)19(23)12-15-4-2-1-3-5-15/h1-7,13H,8-12,14H2. The normalized spacial score (nSPS) is 18.5. The van der Waals surface area contributed by atoms with Crippen molar-refractivity contribution in [3.05, 3.63) is 64.7 Å². The van der Waals surface area contributed by atoms with Gasteiger partial charge in [0.15, 0.2) is 0 Å². The third-order valence-electron chi connectivity index (χ3n) is 4.89. The van der Waals surface area contributed by atoms with E-state index in [2.05, 4.69) is 0 Å². The van der Waals surface area contributed by atoms with E-state index in [-0.39, 0.29) is 5.91 Å². The molecule has 130 valence electrons. The van der Waals surface area contributed by atoms with Gasteiger partial charge in [-0.15, -0.1) is 0 Å². The number of ether oxygens (including phenoxy) is 2. The van der Waals surface area contributed by atoms with Crippen molar-refractivity contribution in [3.8, 4) is 5.75 Å². The Labute approximate surface area is 152 Å². The van der Waals surface area contributed by atoms with Gasteiger partial charge in [-0.2, -0.15) is 0 Å². The summed E-state index contributed by atoms with van der Waals surface area (Å²) in [5, 5.41) is 0.684. The highest BCUT2D eigenvalue weighted by Gasteiger charge is 2.41. The smallest absolute Gasteiger partial charge is 0.226 e. The van der Waals surface area contributed by atoms with Crippen LogP contribution in [0.25, 0.3) is 0 Å². The molecule has 0 aliphatic carbocycles. The van der Waals surface area contributed by atoms with Gasteiger partial charge in [0.1, 0.15) is 5.75 Å². The summed E-state index contributed by atoms with van der Waals surface area (Å²) in [7, 11) is 0. The highest BCUT2D eigenvalue weighted by Crippen LogP contribution is 2.38. The molecule has 2 aromatic carbocycles. The summed E-state index contributed by atoms with van der Waals surface area (Å²) in [5.74, 6) is 0.369. The molecule has 0 unspecified atom stereocenters. The van der Waals surface area contributed by atoms with E-state index in [1.54, 1.807) is 0 Å². The van der Waals surface area contributed by atoms with E-state index in [1.165, 1.54) is 0 Å². The maximum atomic E-state index is 12.5. The third-order valence-corrected chi connectivity index (χ3v) is 5.12. The molecular weight excluding hydrogens is 338 g/mol. The van der Waals surface area contributed by atoms with Gasteiger partial charge in [0, 0.05) is 36.5 Å². The van der Waals surface area contributed by atoms with Gasteiger partial charge in [0.05, 0.1) is 13.0 Å². The van der Waals surface area contributed by atoms with Gasteiger partial charge in [-0.3, -0.25) is 4.79 Å². The number of rotatable bonds is 2. The maximum Gasteiger partial charge on any atom is 0.226 e. The van der Waals surface area contributed by atoms with Gasteiger partial charge in [0.25, 0.3) is 0 Å². The van der Waals surface area contributed by atoms with E-state index in [1.807, 2.05) is 53.4 Å². The molecule has 1 saturated heterocycles. The first-order valence-corrected chi connectivity index (χ1v) is 8.94. The minimum atomic E-state index is -0.621. The quantitative estimate of drug-likeness (QED) is 0.820. The number of amides is 1. The summed E-state index contributed by atoms with van der Waals surface area (Å²) in [6.45, 7) is 1.79. The summed E-state index contributed by atoms with van der Waals surface area (Å²) >= 11 is 6.02. The predicted molar refractivity (Wildman–Crippen MR) is 95.6 cm³/mol. The molecule has 25 heavy (non-hydrogen) atoms. The number of hydrogen-bond acceptors (Lipinski definition) is 3. The van der Waals surface area contributed by atoms with Crippen LogP contribution in [0.1, 0.15) is 24.0 Å². The van der Waals surface area contributed by atoms with Crippen LogP contribution in [-0.4, -0.2) is 29.7 Å². The van der Waals surface area contributed by atoms with E-state index >= 15 is 0 Å². The predicted octanol–water partition coefficient (Wildman–Crippen LogP) is 3.81. The highest BCUT2D eigenvalue weighted by atomic mass is 35.5. The van der Waals surface area contributed by atoms with Gasteiger partial charge in [0.2, 0.25) is 11.7 Å². The second-order valence-corrected chi connectivity index (χ2v) is 7.03. The van der Waals surface area contributed by atoms with Crippen LogP contribution in [0.4, 0.5) is 0 Å². The summed E-state index contributed by atoms with van der Waals surface area (Å²) < 4.78 is 12.2. The number of benzene rings is 2. The molecule has 0 saturated carbocycles. The Morgan fingerprint density at radius 1 is 1.12 bits per heavy atom. The second-order valence-electron chi connectivity index (χ2n) is 6.60. The van der Waals surface area contributed by atoms with Gasteiger partial charge in [-0.25, -0.2) is 0 Å². The van der Waals surface area contributed by atoms with Gasteiger partial charge in [-0.05, 0) is 23.8 Å². The first kappa shape index (κ1) is 16.4. The first-order valence-electron chi connectivity index (χ1n) is 8.57. The molecule has 2 aliphatic heterocycles. The molecule has 0 aromatic heterocycles. The van der Waals surface area contributed by atoms with Crippen molar-refractivity contribution in [1.82, 2.24) is 4.90 Å². The second kappa shape index (κ2) is 6.70. The Bertz CT molecular complexity index is 770. The van der Waals surface area contributed by atoms with Crippen molar-refractivity contribution < 1.29 is 14.3 Å². The number of halogens is 1. The summed E-state index contributed by atoms with van der Waals surface area (Å²) in [5.41, 5.74) is 2.02. The number of likely N-dealkylation sites (tertiary alicyclic amines) is 1. The van der Waals surface area contributed by atoms with E-state index in [0.29, 0.717) is 44.0 Å². The van der Waals surface area contributed by atoms with Crippen LogP contribution in [0, 0.1) is 0 Å². The first-order chi connectivity index (χ1) is 12.1. The van der Waals surface area contributed by atoms with Crippen LogP contribution in [0.15, 0.2) is 48.5 Å². The maximum absolute atomic E-state index is 12.5. The molecule has 0 bridgehead atoms. The average Bonchev–Trinajstić information content (AvgIpc) is 2.63. The number of carbonyl (C=O) groups is 1. The third kappa shape index (κ3) is 3.51. The Hall–Kier alpha value is -2.04. The molecular formula is C20H20ClNO3. The van der Waals surface area contributed by atoms with E-state index in [9.17, 15) is 4.79 Å². The van der Waals surface area contributed by atoms with Crippen LogP contribution >= 0.6 is 11.6 Å². The number of fused-ring (bicyclic) bond motifs is 1. The van der Waals surface area contributed by atoms with E-state index in [0.717, 1.165) is 16.9 Å². The average molecular weight is 358 g/mol. The zero-order chi connectivity index (χ0) is 17.3. The number of hydrogen-bond donors (Lipinski definition) is 0. The van der Waals surface area contributed by atoms with Gasteiger partial charge >= 0.3 is 0 Å². The molecule has 1 spiro atoms. The van der Waals surface area contributed by atoms with Crippen molar-refractivity contribution in [2.24, 2.45) is 0 Å². The Morgan fingerprint density at radius 2 is 1.88 bits per heavy atom. The molecule has 0 radical (unpaired) electrons. The molecule has 2 aromatic rings. The van der Waals surface area contributed by atoms with Crippen LogP contribution in [0.5, 0.6) is 5.75 Å². The van der Waals surface area contributed by atoms with Crippen LogP contribution in [0.3, 0.4) is 0 Å². The molecule has 4 rings (SSSR count). The molecule has 2 aliphatic rings. The Kier molecular flexibility index (Phi) is 4.40. The molecule has 1 amide bonds. The molecule has 2 heterocycles. The fraction of sp³-hybridized carbons (Fsp3) is 0.350. The Balaban J connectivity index is 1.38. The number of nitrogens with zero attached hydrogens (tertiary/aromatic N) is 1. The topological polar surface area (TPSA) is 38.8 Å². The molecule has 0 N–H and O–H groups in total. The van der Waals surface area contributed by atoms with Gasteiger partial charge in [-0.1, -0.05) is 41.9 Å². The van der Waals surface area contributed by atoms with E-state index < -0.39 is 5.79 Å². The summed E-state index contributed by atoms with van der Waals surface area (Å²) in [6.07, 6.45) is 1.79. The molecule has 1 fully saturated rings. The lowest BCUT2D eigenvalue weighted by molar-refractivity contribution is -0.227. The lowest BCUT2D eigenvalue weighted by Gasteiger charge is -2.44. The summed E-state index contributed by atoms with van der Waals surface area (Å²) in [4.78, 5) is 14.4. The van der Waals surface area contributed by atoms with Crippen LogP contribution in [-0.2, 0) is 22.6 Å². The van der Waals surface area contributed by atoms with Crippen molar-refractivity contribution >= 4 is 17.5 Å². The zero-order valence-electron chi connectivity index (χ0n) is 13.9. The van der Waals surface area contributed by atoms with Gasteiger partial charge < -0.3 is 14.4 Å². The van der Waals surface area contributed by atoms with Crippen molar-refractivity contribution in [3.63, 3.8) is 0 Å². The molecule has 5 heteroatoms. The lowest BCUT2D eigenvalue weighted by Crippen LogP contribution is -2.52. The number of piperidine rings is 1.